The number of nitrogens with zero attached hydrogens (tertiary/aromatic N) is 4. The van der Waals surface area contributed by atoms with Crippen molar-refractivity contribution in [1.82, 2.24) is 19.9 Å². The van der Waals surface area contributed by atoms with Gasteiger partial charge in [-0.1, -0.05) is 146 Å². The minimum Gasteiger partial charge on any atom is -0.254 e. The number of hydrogen-bond donors (Lipinski definition) is 0. The quantitative estimate of drug-likeness (QED) is 0.129. The van der Waals surface area contributed by atoms with Crippen LogP contribution in [0.4, 0.5) is 0 Å². The largest absolute Gasteiger partial charge is 0.254 e. The molecule has 0 aliphatic carbocycles. The lowest BCUT2D eigenvalue weighted by molar-refractivity contribution is 1.38. The predicted molar refractivity (Wildman–Crippen MR) is 250 cm³/mol. The highest BCUT2D eigenvalue weighted by atomic mass is 14.8. The van der Waals surface area contributed by atoms with Gasteiger partial charge in [-0.2, -0.15) is 0 Å². The maximum Gasteiger partial charge on any atom is 0.0972 e. The van der Waals surface area contributed by atoms with Crippen molar-refractivity contribution in [1.29, 1.82) is 0 Å². The van der Waals surface area contributed by atoms with Gasteiger partial charge in [0, 0.05) is 44.4 Å². The molecule has 0 aliphatic heterocycles. The van der Waals surface area contributed by atoms with Crippen LogP contribution in [0.2, 0.25) is 0 Å². The van der Waals surface area contributed by atoms with Crippen molar-refractivity contribution >= 4 is 65.2 Å². The smallest absolute Gasteiger partial charge is 0.0972 e. The minimum absolute atomic E-state index is 0.911. The average Bonchev–Trinajstić information content (AvgIpc) is 3.32. The molecule has 60 heavy (non-hydrogen) atoms. The number of fused-ring (bicyclic) bond motifs is 7. The van der Waals surface area contributed by atoms with Crippen molar-refractivity contribution in [2.45, 2.75) is 0 Å². The summed E-state index contributed by atoms with van der Waals surface area (Å²) < 4.78 is 0. The average molecular weight is 763 g/mol. The van der Waals surface area contributed by atoms with Gasteiger partial charge >= 0.3 is 0 Å². The summed E-state index contributed by atoms with van der Waals surface area (Å²) in [6, 6.07) is 70.8. The van der Waals surface area contributed by atoms with Crippen molar-refractivity contribution in [3.8, 4) is 56.0 Å². The minimum atomic E-state index is 0.911. The topological polar surface area (TPSA) is 51.6 Å². The van der Waals surface area contributed by atoms with Crippen LogP contribution in [0.15, 0.2) is 206 Å². The second-order valence-corrected chi connectivity index (χ2v) is 15.4. The molecule has 0 fully saturated rings. The Labute approximate surface area is 346 Å². The SMILES string of the molecule is c1ccc(-c2cccc(-c3ccc4cc(-c5ccc6nc(-c7c8ccccc8c(-c8ccc9ccc%10cccnc%10c9n8)c8ccccc78)ccc6c5)ccc4n3)c2)cc1. The van der Waals surface area contributed by atoms with Crippen LogP contribution >= 0.6 is 0 Å². The monoisotopic (exact) mass is 762 g/mol. The van der Waals surface area contributed by atoms with Gasteiger partial charge in [0.15, 0.2) is 0 Å². The standard InChI is InChI=1S/C56H34N4/c1-2-10-35(11-3-1)38-12-8-13-41(32-38)48-28-24-42-33-39(22-26-49(42)58-48)40-23-27-50-43(34-40)25-30-51(59-50)53-44-15-4-6-17-46(44)54(47-18-7-5-16-45(47)53)52-29-21-37-20-19-36-14-9-31-57-55(36)56(37)60-52/h1-34H. The summed E-state index contributed by atoms with van der Waals surface area (Å²) in [5.41, 5.74) is 14.6. The van der Waals surface area contributed by atoms with Crippen LogP contribution in [0.3, 0.4) is 0 Å². The molecule has 0 spiro atoms. The molecule has 0 saturated heterocycles. The van der Waals surface area contributed by atoms with E-state index in [0.29, 0.717) is 0 Å². The molecule has 0 radical (unpaired) electrons. The van der Waals surface area contributed by atoms with E-state index in [-0.39, 0.29) is 0 Å². The van der Waals surface area contributed by atoms with Gasteiger partial charge in [-0.25, -0.2) is 15.0 Å². The molecule has 0 atom stereocenters. The molecule has 4 heterocycles. The highest BCUT2D eigenvalue weighted by Gasteiger charge is 2.19. The molecule has 4 nitrogen and oxygen atoms in total. The Morgan fingerprint density at radius 3 is 1.40 bits per heavy atom. The summed E-state index contributed by atoms with van der Waals surface area (Å²) in [6.07, 6.45) is 1.84. The molecule has 0 bridgehead atoms. The Morgan fingerprint density at radius 1 is 0.267 bits per heavy atom. The fourth-order valence-electron chi connectivity index (χ4n) is 8.94. The molecule has 0 aliphatic rings. The molecular formula is C56H34N4. The third-order valence-electron chi connectivity index (χ3n) is 11.9. The van der Waals surface area contributed by atoms with Crippen molar-refractivity contribution < 1.29 is 0 Å². The molecule has 12 rings (SSSR count). The van der Waals surface area contributed by atoms with Crippen LogP contribution in [0.1, 0.15) is 0 Å². The lowest BCUT2D eigenvalue weighted by Gasteiger charge is -2.17. The molecular weight excluding hydrogens is 729 g/mol. The first kappa shape index (κ1) is 34.0. The van der Waals surface area contributed by atoms with Gasteiger partial charge in [0.25, 0.3) is 0 Å². The molecule has 0 saturated carbocycles. The van der Waals surface area contributed by atoms with Crippen LogP contribution in [0, 0.1) is 0 Å². The Kier molecular flexibility index (Phi) is 7.82. The summed E-state index contributed by atoms with van der Waals surface area (Å²) in [5, 5.41) is 8.93. The van der Waals surface area contributed by atoms with E-state index in [4.69, 9.17) is 19.9 Å². The lowest BCUT2D eigenvalue weighted by atomic mass is 9.88. The summed E-state index contributed by atoms with van der Waals surface area (Å²) >= 11 is 0. The van der Waals surface area contributed by atoms with E-state index >= 15 is 0 Å². The molecule has 12 aromatic rings. The zero-order valence-corrected chi connectivity index (χ0v) is 32.4. The molecule has 278 valence electrons. The predicted octanol–water partition coefficient (Wildman–Crippen LogP) is 14.5. The van der Waals surface area contributed by atoms with Crippen LogP contribution < -0.4 is 0 Å². The number of hydrogen-bond acceptors (Lipinski definition) is 4. The second kappa shape index (κ2) is 13.8. The van der Waals surface area contributed by atoms with Gasteiger partial charge in [-0.05, 0) is 98.4 Å². The molecule has 8 aromatic carbocycles. The van der Waals surface area contributed by atoms with Gasteiger partial charge < -0.3 is 0 Å². The number of rotatable bonds is 5. The van der Waals surface area contributed by atoms with E-state index in [1.165, 1.54) is 11.1 Å². The first-order valence-corrected chi connectivity index (χ1v) is 20.3. The van der Waals surface area contributed by atoms with Crippen LogP contribution in [0.25, 0.3) is 121 Å². The first-order valence-electron chi connectivity index (χ1n) is 20.3. The third-order valence-corrected chi connectivity index (χ3v) is 11.9. The van der Waals surface area contributed by atoms with E-state index in [0.717, 1.165) is 110 Å². The van der Waals surface area contributed by atoms with Crippen LogP contribution in [-0.2, 0) is 0 Å². The van der Waals surface area contributed by atoms with E-state index < -0.39 is 0 Å². The van der Waals surface area contributed by atoms with Gasteiger partial charge in [0.1, 0.15) is 0 Å². The van der Waals surface area contributed by atoms with E-state index in [1.54, 1.807) is 0 Å². The molecule has 0 unspecified atom stereocenters. The molecule has 4 aromatic heterocycles. The van der Waals surface area contributed by atoms with Gasteiger partial charge in [-0.15, -0.1) is 0 Å². The fraction of sp³-hybridized carbons (Fsp3) is 0. The zero-order valence-electron chi connectivity index (χ0n) is 32.4. The Balaban J connectivity index is 0.919. The zero-order chi connectivity index (χ0) is 39.6. The van der Waals surface area contributed by atoms with Crippen molar-refractivity contribution in [3.63, 3.8) is 0 Å². The van der Waals surface area contributed by atoms with Crippen molar-refractivity contribution in [3.05, 3.63) is 206 Å². The molecule has 0 N–H and O–H groups in total. The first-order chi connectivity index (χ1) is 29.7. The highest BCUT2D eigenvalue weighted by Crippen LogP contribution is 2.43. The molecule has 4 heteroatoms. The third kappa shape index (κ3) is 5.69. The summed E-state index contributed by atoms with van der Waals surface area (Å²) in [4.78, 5) is 20.5. The maximum atomic E-state index is 5.34. The van der Waals surface area contributed by atoms with Crippen molar-refractivity contribution in [2.75, 3.05) is 0 Å². The van der Waals surface area contributed by atoms with E-state index in [9.17, 15) is 0 Å². The Hall–Kier alpha value is -8.08. The normalized spacial score (nSPS) is 11.7. The van der Waals surface area contributed by atoms with Gasteiger partial charge in [-0.3, -0.25) is 4.98 Å². The van der Waals surface area contributed by atoms with E-state index in [2.05, 4.69) is 188 Å². The maximum absolute atomic E-state index is 5.34. The summed E-state index contributed by atoms with van der Waals surface area (Å²) in [6.45, 7) is 0. The van der Waals surface area contributed by atoms with Gasteiger partial charge in [0.05, 0.1) is 39.1 Å². The highest BCUT2D eigenvalue weighted by molar-refractivity contribution is 6.21. The Morgan fingerprint density at radius 2 is 0.750 bits per heavy atom. The second-order valence-electron chi connectivity index (χ2n) is 15.4. The van der Waals surface area contributed by atoms with Crippen molar-refractivity contribution in [2.24, 2.45) is 0 Å². The van der Waals surface area contributed by atoms with Crippen LogP contribution in [0.5, 0.6) is 0 Å². The summed E-state index contributed by atoms with van der Waals surface area (Å²) in [5.74, 6) is 0. The molecule has 0 amide bonds. The summed E-state index contributed by atoms with van der Waals surface area (Å²) in [7, 11) is 0. The number of benzene rings is 8. The fourth-order valence-corrected chi connectivity index (χ4v) is 8.94. The number of pyridine rings is 4. The Bertz CT molecular complexity index is 3610. The van der Waals surface area contributed by atoms with E-state index in [1.807, 2.05) is 18.3 Å². The lowest BCUT2D eigenvalue weighted by Crippen LogP contribution is -1.95. The van der Waals surface area contributed by atoms with Crippen LogP contribution in [-0.4, -0.2) is 19.9 Å². The van der Waals surface area contributed by atoms with Gasteiger partial charge in [0.2, 0.25) is 0 Å². The number of aromatic nitrogens is 4.